The van der Waals surface area contributed by atoms with Crippen molar-refractivity contribution in [2.24, 2.45) is 17.6 Å². The van der Waals surface area contributed by atoms with E-state index in [9.17, 15) is 13.2 Å². The van der Waals surface area contributed by atoms with Crippen LogP contribution in [0.3, 0.4) is 0 Å². The summed E-state index contributed by atoms with van der Waals surface area (Å²) in [5.41, 5.74) is 5.72. The molecule has 1 rings (SSSR count). The predicted octanol–water partition coefficient (Wildman–Crippen LogP) is 0.301. The highest BCUT2D eigenvalue weighted by Gasteiger charge is 2.27. The zero-order valence-electron chi connectivity index (χ0n) is 11.2. The van der Waals surface area contributed by atoms with E-state index in [1.54, 1.807) is 0 Å². The third kappa shape index (κ3) is 4.24. The Morgan fingerprint density at radius 1 is 1.33 bits per heavy atom. The van der Waals surface area contributed by atoms with Gasteiger partial charge in [-0.2, -0.15) is 0 Å². The Labute approximate surface area is 109 Å². The van der Waals surface area contributed by atoms with E-state index in [4.69, 9.17) is 5.73 Å². The number of sulfone groups is 1. The van der Waals surface area contributed by atoms with Crippen molar-refractivity contribution >= 4 is 15.7 Å². The summed E-state index contributed by atoms with van der Waals surface area (Å²) in [6.45, 7) is 2.61. The van der Waals surface area contributed by atoms with E-state index < -0.39 is 21.0 Å². The number of carbonyl (C=O) groups excluding carboxylic acids is 1. The third-order valence-electron chi connectivity index (χ3n) is 3.92. The first-order valence-corrected chi connectivity index (χ1v) is 8.48. The van der Waals surface area contributed by atoms with Gasteiger partial charge in [-0.15, -0.1) is 0 Å². The molecule has 0 aliphatic heterocycles. The Hall–Kier alpha value is -0.620. The molecule has 1 fully saturated rings. The summed E-state index contributed by atoms with van der Waals surface area (Å²) < 4.78 is 22.5. The third-order valence-corrected chi connectivity index (χ3v) is 5.42. The van der Waals surface area contributed by atoms with Gasteiger partial charge in [-0.25, -0.2) is 8.42 Å². The average Bonchev–Trinajstić information content (AvgIpc) is 2.34. The van der Waals surface area contributed by atoms with Crippen molar-refractivity contribution in [1.29, 1.82) is 0 Å². The van der Waals surface area contributed by atoms with Crippen molar-refractivity contribution in [2.75, 3.05) is 19.3 Å². The minimum atomic E-state index is -3.31. The highest BCUT2D eigenvalue weighted by atomic mass is 32.2. The van der Waals surface area contributed by atoms with E-state index in [2.05, 4.69) is 5.32 Å². The molecule has 0 bridgehead atoms. The lowest BCUT2D eigenvalue weighted by Crippen LogP contribution is -2.42. The molecule has 0 aromatic heterocycles. The maximum absolute atomic E-state index is 11.7. The number of nitrogens with one attached hydrogen (secondary N) is 1. The summed E-state index contributed by atoms with van der Waals surface area (Å²) in [5, 5.41) is 1.77. The highest BCUT2D eigenvalue weighted by Crippen LogP contribution is 2.28. The number of rotatable bonds is 5. The van der Waals surface area contributed by atoms with Crippen molar-refractivity contribution in [2.45, 2.75) is 37.9 Å². The first-order valence-electron chi connectivity index (χ1n) is 6.53. The molecule has 0 aromatic rings. The Morgan fingerprint density at radius 3 is 2.39 bits per heavy atom. The van der Waals surface area contributed by atoms with E-state index in [-0.39, 0.29) is 0 Å². The number of hydrogen-bond acceptors (Lipinski definition) is 4. The van der Waals surface area contributed by atoms with Gasteiger partial charge in [-0.1, -0.05) is 12.8 Å². The van der Waals surface area contributed by atoms with Crippen LogP contribution in [0.2, 0.25) is 0 Å². The molecule has 3 unspecified atom stereocenters. The maximum Gasteiger partial charge on any atom is 0.238 e. The van der Waals surface area contributed by atoms with E-state index in [1.165, 1.54) is 19.8 Å². The average molecular weight is 276 g/mol. The second kappa shape index (κ2) is 6.52. The van der Waals surface area contributed by atoms with Gasteiger partial charge in [-0.05, 0) is 38.1 Å². The minimum absolute atomic E-state index is 0.388. The molecule has 106 valence electrons. The Kier molecular flexibility index (Phi) is 5.59. The molecular formula is C12H24N2O3S. The standard InChI is InChI=1S/C12H24N2O3S/c1-9(18(2,16)17)12(15)14-8-11-6-4-3-5-10(11)7-13/h9-11H,3-8,13H2,1-2H3,(H,14,15). The summed E-state index contributed by atoms with van der Waals surface area (Å²) in [6.07, 6.45) is 5.62. The van der Waals surface area contributed by atoms with Crippen molar-refractivity contribution in [3.05, 3.63) is 0 Å². The zero-order chi connectivity index (χ0) is 13.8. The fraction of sp³-hybridized carbons (Fsp3) is 0.917. The Bertz CT molecular complexity index is 381. The lowest BCUT2D eigenvalue weighted by molar-refractivity contribution is -0.120. The number of amides is 1. The molecule has 0 heterocycles. The van der Waals surface area contributed by atoms with E-state index in [1.807, 2.05) is 0 Å². The number of hydrogen-bond donors (Lipinski definition) is 2. The SMILES string of the molecule is CC(C(=O)NCC1CCCCC1CN)S(C)(=O)=O. The number of nitrogens with two attached hydrogens (primary N) is 1. The molecule has 0 radical (unpaired) electrons. The normalized spacial score (nSPS) is 26.6. The summed E-state index contributed by atoms with van der Waals surface area (Å²) in [7, 11) is -3.31. The van der Waals surface area contributed by atoms with Crippen molar-refractivity contribution in [3.63, 3.8) is 0 Å². The van der Waals surface area contributed by atoms with Gasteiger partial charge in [0.1, 0.15) is 5.25 Å². The van der Waals surface area contributed by atoms with Gasteiger partial charge in [0.15, 0.2) is 9.84 Å². The molecule has 3 N–H and O–H groups in total. The van der Waals surface area contributed by atoms with Crippen LogP contribution in [0.4, 0.5) is 0 Å². The van der Waals surface area contributed by atoms with Crippen LogP contribution in [0.1, 0.15) is 32.6 Å². The van der Waals surface area contributed by atoms with Crippen LogP contribution in [0.15, 0.2) is 0 Å². The number of carbonyl (C=O) groups is 1. The van der Waals surface area contributed by atoms with Gasteiger partial charge in [-0.3, -0.25) is 4.79 Å². The first kappa shape index (κ1) is 15.4. The van der Waals surface area contributed by atoms with Gasteiger partial charge in [0.2, 0.25) is 5.91 Å². The quantitative estimate of drug-likeness (QED) is 0.756. The van der Waals surface area contributed by atoms with Gasteiger partial charge in [0, 0.05) is 12.8 Å². The molecule has 1 amide bonds. The zero-order valence-corrected chi connectivity index (χ0v) is 12.0. The maximum atomic E-state index is 11.7. The van der Waals surface area contributed by atoms with Gasteiger partial charge < -0.3 is 11.1 Å². The summed E-state index contributed by atoms with van der Waals surface area (Å²) >= 11 is 0. The van der Waals surface area contributed by atoms with Crippen molar-refractivity contribution < 1.29 is 13.2 Å². The van der Waals surface area contributed by atoms with E-state index in [0.29, 0.717) is 24.9 Å². The molecule has 1 aliphatic carbocycles. The molecule has 0 saturated heterocycles. The van der Waals surface area contributed by atoms with Crippen LogP contribution in [0.5, 0.6) is 0 Å². The molecule has 1 saturated carbocycles. The topological polar surface area (TPSA) is 89.3 Å². The van der Waals surface area contributed by atoms with Gasteiger partial charge in [0.25, 0.3) is 0 Å². The van der Waals surface area contributed by atoms with Gasteiger partial charge in [0.05, 0.1) is 0 Å². The lowest BCUT2D eigenvalue weighted by Gasteiger charge is -2.30. The smallest absolute Gasteiger partial charge is 0.238 e. The lowest BCUT2D eigenvalue weighted by atomic mass is 9.79. The van der Waals surface area contributed by atoms with Crippen molar-refractivity contribution in [1.82, 2.24) is 5.32 Å². The van der Waals surface area contributed by atoms with Crippen LogP contribution in [0, 0.1) is 11.8 Å². The summed E-state index contributed by atoms with van der Waals surface area (Å²) in [4.78, 5) is 11.7. The van der Waals surface area contributed by atoms with Crippen LogP contribution in [-0.2, 0) is 14.6 Å². The van der Waals surface area contributed by atoms with Crippen molar-refractivity contribution in [3.8, 4) is 0 Å². The fourth-order valence-electron chi connectivity index (χ4n) is 2.43. The van der Waals surface area contributed by atoms with Crippen LogP contribution < -0.4 is 11.1 Å². The molecule has 6 heteroatoms. The molecule has 3 atom stereocenters. The van der Waals surface area contributed by atoms with E-state index >= 15 is 0 Å². The van der Waals surface area contributed by atoms with Crippen LogP contribution in [-0.4, -0.2) is 38.9 Å². The summed E-state index contributed by atoms with van der Waals surface area (Å²) in [5.74, 6) is 0.436. The Morgan fingerprint density at radius 2 is 1.89 bits per heavy atom. The van der Waals surface area contributed by atoms with Gasteiger partial charge >= 0.3 is 0 Å². The molecule has 0 spiro atoms. The Balaban J connectivity index is 2.46. The minimum Gasteiger partial charge on any atom is -0.355 e. The predicted molar refractivity (Wildman–Crippen MR) is 71.8 cm³/mol. The van der Waals surface area contributed by atoms with E-state index in [0.717, 1.165) is 19.1 Å². The highest BCUT2D eigenvalue weighted by molar-refractivity contribution is 7.92. The van der Waals surface area contributed by atoms with Crippen LogP contribution >= 0.6 is 0 Å². The monoisotopic (exact) mass is 276 g/mol. The second-order valence-electron chi connectivity index (χ2n) is 5.26. The molecule has 0 aromatic carbocycles. The molecule has 18 heavy (non-hydrogen) atoms. The molecule has 1 aliphatic rings. The first-order chi connectivity index (χ1) is 8.36. The molecule has 5 nitrogen and oxygen atoms in total. The fourth-order valence-corrected chi connectivity index (χ4v) is 2.91. The van der Waals surface area contributed by atoms with Crippen LogP contribution in [0.25, 0.3) is 0 Å². The molecular weight excluding hydrogens is 252 g/mol. The largest absolute Gasteiger partial charge is 0.355 e. The second-order valence-corrected chi connectivity index (χ2v) is 7.62. The summed E-state index contributed by atoms with van der Waals surface area (Å²) in [6, 6.07) is 0.